The van der Waals surface area contributed by atoms with Crippen molar-refractivity contribution in [2.45, 2.75) is 25.4 Å². The molecule has 3 aliphatic heterocycles. The molecule has 3 saturated heterocycles. The van der Waals surface area contributed by atoms with E-state index in [1.807, 2.05) is 11.0 Å². The number of amides is 1. The quantitative estimate of drug-likeness (QED) is 0.694. The molecule has 1 amide bonds. The van der Waals surface area contributed by atoms with Gasteiger partial charge < -0.3 is 4.90 Å². The maximum absolute atomic E-state index is 12.8. The Labute approximate surface area is 161 Å². The molecule has 6 rings (SSSR count). The monoisotopic (exact) mass is 380 g/mol. The molecule has 0 N–H and O–H groups in total. The van der Waals surface area contributed by atoms with Gasteiger partial charge in [0.15, 0.2) is 0 Å². The van der Waals surface area contributed by atoms with E-state index in [1.54, 1.807) is 18.6 Å². The van der Waals surface area contributed by atoms with Gasteiger partial charge in [-0.25, -0.2) is 4.98 Å². The summed E-state index contributed by atoms with van der Waals surface area (Å²) in [5, 5.41) is 0. The van der Waals surface area contributed by atoms with Crippen molar-refractivity contribution >= 4 is 28.7 Å². The van der Waals surface area contributed by atoms with Crippen LogP contribution in [0.2, 0.25) is 0 Å². The van der Waals surface area contributed by atoms with E-state index in [9.17, 15) is 4.79 Å². The highest BCUT2D eigenvalue weighted by molar-refractivity contribution is 7.00. The largest absolute Gasteiger partial charge is 0.335 e. The second-order valence-corrected chi connectivity index (χ2v) is 7.94. The van der Waals surface area contributed by atoms with Crippen molar-refractivity contribution in [1.29, 1.82) is 0 Å². The molecule has 3 aliphatic rings. The van der Waals surface area contributed by atoms with E-state index < -0.39 is 0 Å². The van der Waals surface area contributed by atoms with E-state index in [-0.39, 0.29) is 5.91 Å². The smallest absolute Gasteiger partial charge is 0.274 e. The molecule has 1 aromatic carbocycles. The van der Waals surface area contributed by atoms with Gasteiger partial charge in [-0.15, -0.1) is 0 Å². The third-order valence-corrected chi connectivity index (χ3v) is 6.16. The zero-order chi connectivity index (χ0) is 18.2. The van der Waals surface area contributed by atoms with Crippen LogP contribution >= 0.6 is 11.7 Å². The molecule has 7 nitrogen and oxygen atoms in total. The lowest BCUT2D eigenvalue weighted by atomic mass is 9.94. The molecule has 27 heavy (non-hydrogen) atoms. The molecule has 8 heteroatoms. The fraction of sp³-hybridized carbons (Fsp3) is 0.421. The zero-order valence-corrected chi connectivity index (χ0v) is 15.7. The normalized spacial score (nSPS) is 22.9. The summed E-state index contributed by atoms with van der Waals surface area (Å²) < 4.78 is 8.63. The van der Waals surface area contributed by atoms with Crippen molar-refractivity contribution in [2.24, 2.45) is 5.92 Å². The summed E-state index contributed by atoms with van der Waals surface area (Å²) in [6.07, 6.45) is 7.05. The number of hydrogen-bond donors (Lipinski definition) is 0. The van der Waals surface area contributed by atoms with E-state index in [2.05, 4.69) is 35.7 Å². The van der Waals surface area contributed by atoms with Crippen molar-refractivity contribution < 1.29 is 4.79 Å². The summed E-state index contributed by atoms with van der Waals surface area (Å²) >= 11 is 1.26. The molecule has 2 bridgehead atoms. The second-order valence-electron chi connectivity index (χ2n) is 7.41. The first-order chi connectivity index (χ1) is 13.3. The number of piperidine rings is 1. The molecule has 3 fully saturated rings. The van der Waals surface area contributed by atoms with Gasteiger partial charge in [0.25, 0.3) is 5.91 Å². The molecular formula is C19H20N6OS. The van der Waals surface area contributed by atoms with Crippen LogP contribution in [0.4, 0.5) is 0 Å². The molecule has 0 radical (unpaired) electrons. The SMILES string of the molecule is O=C(c1cnccn1)N1C[C@@H]2CC[C@H](C1)N(Cc1ccc3nsnc3c1)C2. The Balaban J connectivity index is 1.34. The fourth-order valence-corrected chi connectivity index (χ4v) is 4.79. The minimum absolute atomic E-state index is 0.00295. The number of aromatic nitrogens is 4. The molecule has 0 spiro atoms. The summed E-state index contributed by atoms with van der Waals surface area (Å²) in [5.74, 6) is 0.505. The highest BCUT2D eigenvalue weighted by Gasteiger charge is 2.36. The number of hydrogen-bond acceptors (Lipinski definition) is 7. The van der Waals surface area contributed by atoms with Crippen LogP contribution in [-0.2, 0) is 6.54 Å². The standard InChI is InChI=1S/C19H20N6OS/c26-19(18-8-20-5-6-21-18)25-11-14-1-3-15(12-25)24(10-14)9-13-2-4-16-17(7-13)23-27-22-16/h2,4-8,14-15H,1,3,9-12H2/t14-,15-/m1/s1. The molecule has 5 heterocycles. The predicted molar refractivity (Wildman–Crippen MR) is 102 cm³/mol. The Morgan fingerprint density at radius 2 is 2.04 bits per heavy atom. The van der Waals surface area contributed by atoms with Crippen LogP contribution in [0.3, 0.4) is 0 Å². The van der Waals surface area contributed by atoms with Crippen molar-refractivity contribution in [3.63, 3.8) is 0 Å². The first-order valence-electron chi connectivity index (χ1n) is 9.27. The lowest BCUT2D eigenvalue weighted by molar-refractivity contribution is 0.0729. The molecule has 0 unspecified atom stereocenters. The first-order valence-corrected chi connectivity index (χ1v) is 10.00. The third-order valence-electron chi connectivity index (χ3n) is 5.60. The average molecular weight is 380 g/mol. The van der Waals surface area contributed by atoms with Gasteiger partial charge in [0.1, 0.15) is 16.7 Å². The zero-order valence-electron chi connectivity index (χ0n) is 14.9. The molecule has 0 aliphatic carbocycles. The molecule has 138 valence electrons. The van der Waals surface area contributed by atoms with E-state index >= 15 is 0 Å². The third kappa shape index (κ3) is 3.30. The summed E-state index contributed by atoms with van der Waals surface area (Å²) in [4.78, 5) is 25.6. The van der Waals surface area contributed by atoms with Gasteiger partial charge in [0, 0.05) is 44.6 Å². The van der Waals surface area contributed by atoms with Crippen LogP contribution in [0.5, 0.6) is 0 Å². The number of carbonyl (C=O) groups excluding carboxylic acids is 1. The van der Waals surface area contributed by atoms with Crippen molar-refractivity contribution in [1.82, 2.24) is 28.5 Å². The van der Waals surface area contributed by atoms with Crippen molar-refractivity contribution in [2.75, 3.05) is 19.6 Å². The van der Waals surface area contributed by atoms with Gasteiger partial charge in [0.05, 0.1) is 17.9 Å². The van der Waals surface area contributed by atoms with E-state index in [0.29, 0.717) is 17.7 Å². The molecule has 3 aromatic rings. The molecule has 2 aromatic heterocycles. The Morgan fingerprint density at radius 1 is 1.11 bits per heavy atom. The number of carbonyl (C=O) groups is 1. The summed E-state index contributed by atoms with van der Waals surface area (Å²) in [5.41, 5.74) is 3.63. The number of nitrogens with zero attached hydrogens (tertiary/aromatic N) is 6. The topological polar surface area (TPSA) is 75.1 Å². The van der Waals surface area contributed by atoms with Gasteiger partial charge in [-0.1, -0.05) is 6.07 Å². The van der Waals surface area contributed by atoms with Crippen LogP contribution in [0.25, 0.3) is 11.0 Å². The van der Waals surface area contributed by atoms with Crippen molar-refractivity contribution in [3.8, 4) is 0 Å². The number of benzene rings is 1. The summed E-state index contributed by atoms with van der Waals surface area (Å²) in [6.45, 7) is 3.48. The van der Waals surface area contributed by atoms with Crippen molar-refractivity contribution in [3.05, 3.63) is 48.0 Å². The lowest BCUT2D eigenvalue weighted by Gasteiger charge is -2.36. The number of fused-ring (bicyclic) bond motifs is 5. The Hall–Kier alpha value is -2.45. The Morgan fingerprint density at radius 3 is 2.93 bits per heavy atom. The van der Waals surface area contributed by atoms with Crippen LogP contribution in [0.1, 0.15) is 28.9 Å². The Bertz CT molecular complexity index is 961. The maximum atomic E-state index is 12.8. The minimum Gasteiger partial charge on any atom is -0.335 e. The maximum Gasteiger partial charge on any atom is 0.274 e. The molecule has 0 saturated carbocycles. The van der Waals surface area contributed by atoms with Crippen LogP contribution in [0.15, 0.2) is 36.8 Å². The Kier molecular flexibility index (Phi) is 4.29. The first kappa shape index (κ1) is 16.7. The fourth-order valence-electron chi connectivity index (χ4n) is 4.27. The highest BCUT2D eigenvalue weighted by Crippen LogP contribution is 2.30. The molecule has 2 atom stereocenters. The van der Waals surface area contributed by atoms with Gasteiger partial charge in [-0.3, -0.25) is 14.7 Å². The summed E-state index contributed by atoms with van der Waals surface area (Å²) in [7, 11) is 0. The van der Waals surface area contributed by atoms with Gasteiger partial charge >= 0.3 is 0 Å². The minimum atomic E-state index is -0.00295. The van der Waals surface area contributed by atoms with Crippen LogP contribution in [-0.4, -0.2) is 60.1 Å². The van der Waals surface area contributed by atoms with Gasteiger partial charge in [-0.05, 0) is 36.5 Å². The van der Waals surface area contributed by atoms with Crippen LogP contribution < -0.4 is 0 Å². The van der Waals surface area contributed by atoms with E-state index in [4.69, 9.17) is 0 Å². The summed E-state index contributed by atoms with van der Waals surface area (Å²) in [6, 6.07) is 6.72. The van der Waals surface area contributed by atoms with E-state index in [0.717, 1.165) is 43.6 Å². The van der Waals surface area contributed by atoms with Crippen LogP contribution in [0, 0.1) is 5.92 Å². The molecular weight excluding hydrogens is 360 g/mol. The van der Waals surface area contributed by atoms with Gasteiger partial charge in [0.2, 0.25) is 0 Å². The highest BCUT2D eigenvalue weighted by atomic mass is 32.1. The predicted octanol–water partition coefficient (Wildman–Crippen LogP) is 2.22. The lowest BCUT2D eigenvalue weighted by Crippen LogP contribution is -2.44. The van der Waals surface area contributed by atoms with Gasteiger partial charge in [-0.2, -0.15) is 8.75 Å². The van der Waals surface area contributed by atoms with E-state index in [1.165, 1.54) is 23.7 Å². The second kappa shape index (κ2) is 6.94. The number of rotatable bonds is 3. The average Bonchev–Trinajstić information content (AvgIpc) is 2.98.